The molecular weight excluding hydrogens is 288 g/mol. The topological polar surface area (TPSA) is 115 Å². The van der Waals surface area contributed by atoms with E-state index in [-0.39, 0.29) is 22.6 Å². The first-order valence-corrected chi connectivity index (χ1v) is 6.19. The average molecular weight is 300 g/mol. The number of carboxylic acid groups (broad SMARTS) is 2. The molecule has 0 aliphatic rings. The molecule has 2 aromatic rings. The van der Waals surface area contributed by atoms with Crippen LogP contribution in [-0.2, 0) is 0 Å². The molecule has 0 spiro atoms. The van der Waals surface area contributed by atoms with Crippen LogP contribution in [0.25, 0.3) is 12.2 Å². The van der Waals surface area contributed by atoms with Crippen LogP contribution in [-0.4, -0.2) is 32.4 Å². The lowest BCUT2D eigenvalue weighted by Gasteiger charge is -2.02. The minimum absolute atomic E-state index is 0.194. The van der Waals surface area contributed by atoms with E-state index >= 15 is 0 Å². The second kappa shape index (κ2) is 6.01. The summed E-state index contributed by atoms with van der Waals surface area (Å²) in [4.78, 5) is 21.6. The van der Waals surface area contributed by atoms with E-state index in [9.17, 15) is 19.8 Å². The monoisotopic (exact) mass is 300 g/mol. The Bertz CT molecular complexity index is 711. The van der Waals surface area contributed by atoms with Crippen molar-refractivity contribution in [2.24, 2.45) is 0 Å². The molecular formula is C16H12O6. The van der Waals surface area contributed by atoms with Crippen LogP contribution in [0, 0.1) is 0 Å². The van der Waals surface area contributed by atoms with Crippen LogP contribution in [0.1, 0.15) is 31.8 Å². The fraction of sp³-hybridized carbons (Fsp3) is 0. The molecule has 0 saturated heterocycles. The van der Waals surface area contributed by atoms with Crippen molar-refractivity contribution < 1.29 is 30.0 Å². The first-order chi connectivity index (χ1) is 10.4. The van der Waals surface area contributed by atoms with Crippen molar-refractivity contribution in [1.82, 2.24) is 0 Å². The number of carbonyl (C=O) groups is 2. The van der Waals surface area contributed by atoms with E-state index in [1.165, 1.54) is 36.4 Å². The molecule has 6 heteroatoms. The van der Waals surface area contributed by atoms with E-state index in [2.05, 4.69) is 0 Å². The predicted molar refractivity (Wildman–Crippen MR) is 79.1 cm³/mol. The highest BCUT2D eigenvalue weighted by Crippen LogP contribution is 2.22. The van der Waals surface area contributed by atoms with Gasteiger partial charge in [0.1, 0.15) is 22.6 Å². The number of rotatable bonds is 4. The van der Waals surface area contributed by atoms with Gasteiger partial charge in [0.15, 0.2) is 0 Å². The predicted octanol–water partition coefficient (Wildman–Crippen LogP) is 2.66. The van der Waals surface area contributed by atoms with E-state index in [1.54, 1.807) is 12.2 Å². The third-order valence-corrected chi connectivity index (χ3v) is 2.97. The molecule has 4 N–H and O–H groups in total. The minimum atomic E-state index is -1.22. The highest BCUT2D eigenvalue weighted by molar-refractivity contribution is 5.92. The molecule has 0 atom stereocenters. The fourth-order valence-electron chi connectivity index (χ4n) is 1.86. The number of aromatic hydroxyl groups is 2. The highest BCUT2D eigenvalue weighted by Gasteiger charge is 2.10. The van der Waals surface area contributed by atoms with Gasteiger partial charge in [-0.25, -0.2) is 9.59 Å². The van der Waals surface area contributed by atoms with Gasteiger partial charge in [0.05, 0.1) is 0 Å². The molecule has 0 amide bonds. The largest absolute Gasteiger partial charge is 0.507 e. The van der Waals surface area contributed by atoms with Gasteiger partial charge in [0, 0.05) is 0 Å². The molecule has 0 saturated carbocycles. The zero-order chi connectivity index (χ0) is 16.3. The minimum Gasteiger partial charge on any atom is -0.507 e. The van der Waals surface area contributed by atoms with Crippen molar-refractivity contribution >= 4 is 24.1 Å². The third kappa shape index (κ3) is 3.24. The van der Waals surface area contributed by atoms with Crippen molar-refractivity contribution in [3.63, 3.8) is 0 Å². The Morgan fingerprint density at radius 2 is 1.09 bits per heavy atom. The van der Waals surface area contributed by atoms with Crippen molar-refractivity contribution in [1.29, 1.82) is 0 Å². The fourth-order valence-corrected chi connectivity index (χ4v) is 1.86. The molecule has 0 heterocycles. The van der Waals surface area contributed by atoms with Gasteiger partial charge in [-0.3, -0.25) is 0 Å². The molecule has 0 aromatic heterocycles. The molecule has 0 radical (unpaired) electrons. The van der Waals surface area contributed by atoms with Gasteiger partial charge in [0.2, 0.25) is 0 Å². The van der Waals surface area contributed by atoms with Gasteiger partial charge in [0.25, 0.3) is 0 Å². The van der Waals surface area contributed by atoms with Crippen LogP contribution in [0.2, 0.25) is 0 Å². The summed E-state index contributed by atoms with van der Waals surface area (Å²) in [6.07, 6.45) is 3.20. The summed E-state index contributed by atoms with van der Waals surface area (Å²) in [6.45, 7) is 0. The van der Waals surface area contributed by atoms with Gasteiger partial charge in [-0.15, -0.1) is 0 Å². The lowest BCUT2D eigenvalue weighted by molar-refractivity contribution is 0.0682. The van der Waals surface area contributed by atoms with Gasteiger partial charge >= 0.3 is 11.9 Å². The van der Waals surface area contributed by atoms with Crippen LogP contribution in [0.4, 0.5) is 0 Å². The molecule has 2 rings (SSSR count). The summed E-state index contributed by atoms with van der Waals surface area (Å²) >= 11 is 0. The summed E-state index contributed by atoms with van der Waals surface area (Å²) in [6, 6.07) is 8.19. The molecule has 0 aliphatic carbocycles. The van der Waals surface area contributed by atoms with Gasteiger partial charge in [-0.1, -0.05) is 24.3 Å². The zero-order valence-electron chi connectivity index (χ0n) is 11.2. The van der Waals surface area contributed by atoms with Crippen molar-refractivity contribution in [2.75, 3.05) is 0 Å². The number of aromatic carboxylic acids is 2. The highest BCUT2D eigenvalue weighted by atomic mass is 16.4. The Morgan fingerprint density at radius 3 is 1.36 bits per heavy atom. The van der Waals surface area contributed by atoms with Crippen LogP contribution in [0.5, 0.6) is 11.5 Å². The average Bonchev–Trinajstić information content (AvgIpc) is 2.44. The maximum Gasteiger partial charge on any atom is 0.339 e. The SMILES string of the molecule is O=C(O)c1ccc(C=Cc2ccc(C(=O)O)c(O)c2)cc1O. The number of benzene rings is 2. The van der Waals surface area contributed by atoms with Crippen LogP contribution in [0.3, 0.4) is 0 Å². The molecule has 0 unspecified atom stereocenters. The number of carboxylic acids is 2. The number of hydrogen-bond acceptors (Lipinski definition) is 4. The van der Waals surface area contributed by atoms with Gasteiger partial charge in [-0.2, -0.15) is 0 Å². The summed E-state index contributed by atoms with van der Waals surface area (Å²) in [5.74, 6) is -3.14. The van der Waals surface area contributed by atoms with E-state index in [0.717, 1.165) is 0 Å². The first kappa shape index (κ1) is 15.1. The Hall–Kier alpha value is -3.28. The number of hydrogen-bond donors (Lipinski definition) is 4. The summed E-state index contributed by atoms with van der Waals surface area (Å²) in [5, 5.41) is 36.8. The van der Waals surface area contributed by atoms with E-state index in [4.69, 9.17) is 10.2 Å². The summed E-state index contributed by atoms with van der Waals surface area (Å²) < 4.78 is 0. The molecule has 112 valence electrons. The van der Waals surface area contributed by atoms with Gasteiger partial charge < -0.3 is 20.4 Å². The van der Waals surface area contributed by atoms with Gasteiger partial charge in [-0.05, 0) is 35.4 Å². The van der Waals surface area contributed by atoms with E-state index < -0.39 is 11.9 Å². The van der Waals surface area contributed by atoms with E-state index in [0.29, 0.717) is 11.1 Å². The first-order valence-electron chi connectivity index (χ1n) is 6.19. The molecule has 2 aromatic carbocycles. The smallest absolute Gasteiger partial charge is 0.339 e. The van der Waals surface area contributed by atoms with Crippen LogP contribution < -0.4 is 0 Å². The summed E-state index contributed by atoms with van der Waals surface area (Å²) in [7, 11) is 0. The van der Waals surface area contributed by atoms with Crippen LogP contribution >= 0.6 is 0 Å². The molecule has 22 heavy (non-hydrogen) atoms. The molecule has 0 bridgehead atoms. The summed E-state index contributed by atoms with van der Waals surface area (Å²) in [5.41, 5.74) is 0.731. The van der Waals surface area contributed by atoms with Crippen LogP contribution in [0.15, 0.2) is 36.4 Å². The standard InChI is InChI=1S/C16H12O6/c17-13-7-9(3-5-11(13)15(19)20)1-2-10-4-6-12(16(21)22)14(18)8-10/h1-8,17-18H,(H,19,20)(H,21,22). The Balaban J connectivity index is 2.25. The normalized spacial score (nSPS) is 10.7. The molecule has 6 nitrogen and oxygen atoms in total. The second-order valence-electron chi connectivity index (χ2n) is 4.50. The Kier molecular flexibility index (Phi) is 4.13. The third-order valence-electron chi connectivity index (χ3n) is 2.97. The lowest BCUT2D eigenvalue weighted by atomic mass is 10.1. The lowest BCUT2D eigenvalue weighted by Crippen LogP contribution is -1.96. The molecule has 0 aliphatic heterocycles. The maximum atomic E-state index is 10.8. The van der Waals surface area contributed by atoms with Crippen molar-refractivity contribution in [2.45, 2.75) is 0 Å². The van der Waals surface area contributed by atoms with Crippen molar-refractivity contribution in [3.8, 4) is 11.5 Å². The second-order valence-corrected chi connectivity index (χ2v) is 4.50. The number of phenols is 2. The van der Waals surface area contributed by atoms with E-state index in [1.807, 2.05) is 0 Å². The zero-order valence-corrected chi connectivity index (χ0v) is 11.2. The maximum absolute atomic E-state index is 10.8. The Morgan fingerprint density at radius 1 is 0.727 bits per heavy atom. The quantitative estimate of drug-likeness (QED) is 0.645. The Labute approximate surface area is 125 Å². The molecule has 0 fully saturated rings. The van der Waals surface area contributed by atoms with Crippen molar-refractivity contribution in [3.05, 3.63) is 58.7 Å².